The van der Waals surface area contributed by atoms with E-state index in [1.54, 1.807) is 13.4 Å². The number of hydrogen-bond acceptors (Lipinski definition) is 6. The molecule has 4 bridgehead atoms. The molecule has 0 amide bonds. The van der Waals surface area contributed by atoms with Crippen LogP contribution in [0.4, 0.5) is 0 Å². The van der Waals surface area contributed by atoms with E-state index in [4.69, 9.17) is 13.9 Å². The maximum atomic E-state index is 14.1. The molecule has 3 fully saturated rings. The summed E-state index contributed by atoms with van der Waals surface area (Å²) in [5.41, 5.74) is 2.02. The Morgan fingerprint density at radius 1 is 1.20 bits per heavy atom. The predicted octanol–water partition coefficient (Wildman–Crippen LogP) is 4.64. The minimum Gasteiger partial charge on any atom is -0.497 e. The van der Waals surface area contributed by atoms with Gasteiger partial charge in [0, 0.05) is 23.9 Å². The molecular formula is C29H37NO5. The zero-order valence-electron chi connectivity index (χ0n) is 21.8. The van der Waals surface area contributed by atoms with Crippen LogP contribution in [0.3, 0.4) is 0 Å². The molecule has 3 unspecified atom stereocenters. The fourth-order valence-corrected chi connectivity index (χ4v) is 7.68. The van der Waals surface area contributed by atoms with Crippen LogP contribution in [0.2, 0.25) is 0 Å². The molecule has 0 N–H and O–H groups in total. The van der Waals surface area contributed by atoms with Gasteiger partial charge in [0.15, 0.2) is 5.78 Å². The van der Waals surface area contributed by atoms with Gasteiger partial charge in [0.1, 0.15) is 16.9 Å². The number of piperidine rings is 2. The number of esters is 1. The molecular weight excluding hydrogens is 442 g/mol. The summed E-state index contributed by atoms with van der Waals surface area (Å²) in [6.45, 7) is 8.59. The summed E-state index contributed by atoms with van der Waals surface area (Å²) < 4.78 is 16.7. The second-order valence-corrected chi connectivity index (χ2v) is 11.2. The van der Waals surface area contributed by atoms with Crippen LogP contribution in [0.15, 0.2) is 34.9 Å². The van der Waals surface area contributed by atoms with Crippen molar-refractivity contribution in [2.75, 3.05) is 20.8 Å². The highest BCUT2D eigenvalue weighted by Crippen LogP contribution is 2.68. The number of carbonyl (C=O) groups is 2. The third-order valence-electron chi connectivity index (χ3n) is 9.68. The van der Waals surface area contributed by atoms with E-state index in [1.165, 1.54) is 11.1 Å². The smallest absolute Gasteiger partial charge is 0.321 e. The Balaban J connectivity index is 1.57. The number of ketones is 1. The van der Waals surface area contributed by atoms with Gasteiger partial charge in [0.25, 0.3) is 0 Å². The number of likely N-dealkylation sites (N-methyl/N-ethyl adjacent to an activating group) is 1. The first kappa shape index (κ1) is 24.1. The summed E-state index contributed by atoms with van der Waals surface area (Å²) in [4.78, 5) is 30.1. The first-order chi connectivity index (χ1) is 16.6. The van der Waals surface area contributed by atoms with Gasteiger partial charge in [0.05, 0.1) is 20.0 Å². The average Bonchev–Trinajstić information content (AvgIpc) is 3.25. The molecule has 0 radical (unpaired) electrons. The Morgan fingerprint density at radius 3 is 2.63 bits per heavy atom. The number of carbonyl (C=O) groups excluding carboxylic acids is 2. The van der Waals surface area contributed by atoms with E-state index in [0.717, 1.165) is 29.9 Å². The summed E-state index contributed by atoms with van der Waals surface area (Å²) in [6.07, 6.45) is 4.70. The molecule has 4 aliphatic rings. The number of Topliss-reactive ketones (excluding diaryl/α,β-unsaturated/α-hetero) is 1. The number of fused-ring (bicyclic) bond motifs is 2. The number of rotatable bonds is 7. The van der Waals surface area contributed by atoms with Crippen LogP contribution in [-0.4, -0.2) is 49.5 Å². The fourth-order valence-electron chi connectivity index (χ4n) is 7.68. The van der Waals surface area contributed by atoms with Crippen LogP contribution in [0.1, 0.15) is 62.5 Å². The minimum atomic E-state index is -1.16. The van der Waals surface area contributed by atoms with Crippen molar-refractivity contribution >= 4 is 11.8 Å². The largest absolute Gasteiger partial charge is 0.497 e. The lowest BCUT2D eigenvalue weighted by Crippen LogP contribution is -2.78. The number of nitrogens with zero attached hydrogens (tertiary/aromatic N) is 1. The molecule has 1 saturated carbocycles. The first-order valence-electron chi connectivity index (χ1n) is 12.7. The predicted molar refractivity (Wildman–Crippen MR) is 133 cm³/mol. The number of furan rings is 1. The molecule has 6 nitrogen and oxygen atoms in total. The lowest BCUT2D eigenvalue weighted by Gasteiger charge is -2.71. The third-order valence-corrected chi connectivity index (χ3v) is 9.68. The monoisotopic (exact) mass is 479 g/mol. The Bertz CT molecular complexity index is 1170. The van der Waals surface area contributed by atoms with Crippen LogP contribution in [0, 0.1) is 17.8 Å². The highest BCUT2D eigenvalue weighted by Gasteiger charge is 2.73. The molecule has 0 spiro atoms. The Kier molecular flexibility index (Phi) is 5.67. The zero-order chi connectivity index (χ0) is 25.2. The van der Waals surface area contributed by atoms with Gasteiger partial charge in [0.2, 0.25) is 0 Å². The molecule has 2 aliphatic carbocycles. The van der Waals surface area contributed by atoms with E-state index >= 15 is 0 Å². The summed E-state index contributed by atoms with van der Waals surface area (Å²) in [7, 11) is 3.80. The van der Waals surface area contributed by atoms with Crippen LogP contribution >= 0.6 is 0 Å². The van der Waals surface area contributed by atoms with Crippen molar-refractivity contribution in [2.24, 2.45) is 10.8 Å². The van der Waals surface area contributed by atoms with Crippen molar-refractivity contribution in [1.29, 1.82) is 0 Å². The van der Waals surface area contributed by atoms with E-state index in [-0.39, 0.29) is 41.3 Å². The van der Waals surface area contributed by atoms with Crippen molar-refractivity contribution < 1.29 is 23.5 Å². The Hall–Kier alpha value is -2.60. The molecule has 6 rings (SSSR count). The molecule has 188 valence electrons. The van der Waals surface area contributed by atoms with Gasteiger partial charge in [-0.1, -0.05) is 19.9 Å². The van der Waals surface area contributed by atoms with Crippen molar-refractivity contribution in [2.45, 2.75) is 77.3 Å². The topological polar surface area (TPSA) is 69.0 Å². The maximum Gasteiger partial charge on any atom is 0.321 e. The van der Waals surface area contributed by atoms with Gasteiger partial charge in [-0.2, -0.15) is 0 Å². The average molecular weight is 480 g/mol. The number of hydrogen-bond donors (Lipinski definition) is 0. The molecule has 1 aromatic heterocycles. The SMILES string of the molecule is CCOC(=O)C1(C(=O)CCc2coc(C)c2)C[C@]2(C)C3Cc4ccc(OC)cc4[C@]2(C)CC1N3C. The zero-order valence-corrected chi connectivity index (χ0v) is 21.8. The Morgan fingerprint density at radius 2 is 1.97 bits per heavy atom. The Labute approximate surface area is 208 Å². The number of methoxy groups -OCH3 is 1. The van der Waals surface area contributed by atoms with Gasteiger partial charge in [-0.25, -0.2) is 0 Å². The highest BCUT2D eigenvalue weighted by molar-refractivity contribution is 6.05. The van der Waals surface area contributed by atoms with E-state index < -0.39 is 5.41 Å². The lowest BCUT2D eigenvalue weighted by molar-refractivity contribution is -0.208. The number of aryl methyl sites for hydroxylation is 2. The van der Waals surface area contributed by atoms with Crippen LogP contribution in [0.5, 0.6) is 5.75 Å². The molecule has 2 aromatic rings. The fraction of sp³-hybridized carbons (Fsp3) is 0.586. The number of ether oxygens (including phenoxy) is 2. The van der Waals surface area contributed by atoms with Gasteiger partial charge in [-0.3, -0.25) is 14.5 Å². The van der Waals surface area contributed by atoms with Crippen molar-refractivity contribution in [3.63, 3.8) is 0 Å². The summed E-state index contributed by atoms with van der Waals surface area (Å²) in [6, 6.07) is 8.39. The second kappa shape index (κ2) is 8.22. The van der Waals surface area contributed by atoms with Crippen LogP contribution in [-0.2, 0) is 32.6 Å². The van der Waals surface area contributed by atoms with Gasteiger partial charge < -0.3 is 13.9 Å². The summed E-state index contributed by atoms with van der Waals surface area (Å²) in [5, 5.41) is 0. The van der Waals surface area contributed by atoms with Crippen molar-refractivity contribution in [3.8, 4) is 5.75 Å². The van der Waals surface area contributed by atoms with E-state index in [2.05, 4.69) is 37.9 Å². The quantitative estimate of drug-likeness (QED) is 0.426. The van der Waals surface area contributed by atoms with E-state index in [0.29, 0.717) is 19.3 Å². The molecule has 5 atom stereocenters. The van der Waals surface area contributed by atoms with Crippen molar-refractivity contribution in [3.05, 3.63) is 53.0 Å². The minimum absolute atomic E-state index is 0.00943. The normalized spacial score (nSPS) is 33.3. The molecule has 1 aromatic carbocycles. The third kappa shape index (κ3) is 3.25. The molecule has 3 heterocycles. The molecule has 35 heavy (non-hydrogen) atoms. The molecule has 2 saturated heterocycles. The van der Waals surface area contributed by atoms with Gasteiger partial charge >= 0.3 is 5.97 Å². The second-order valence-electron chi connectivity index (χ2n) is 11.2. The van der Waals surface area contributed by atoms with Crippen molar-refractivity contribution in [1.82, 2.24) is 4.90 Å². The van der Waals surface area contributed by atoms with Crippen LogP contribution in [0.25, 0.3) is 0 Å². The van der Waals surface area contributed by atoms with Gasteiger partial charge in [-0.15, -0.1) is 0 Å². The lowest BCUT2D eigenvalue weighted by atomic mass is 9.39. The number of benzene rings is 1. The standard InChI is InChI=1S/C29H37NO5/c1-7-34-26(32)29(25(31)11-8-19-12-18(2)35-16-19)17-28(4)23-13-20-9-10-21(33-6)14-22(20)27(28,3)15-24(29)30(23)5/h9-10,12,14,16,23-24H,7-8,11,13,15,17H2,1-6H3/t23?,24?,27-,28+,29?/m0/s1. The first-order valence-corrected chi connectivity index (χ1v) is 12.7. The summed E-state index contributed by atoms with van der Waals surface area (Å²) >= 11 is 0. The van der Waals surface area contributed by atoms with Gasteiger partial charge in [-0.05, 0) is 86.9 Å². The highest BCUT2D eigenvalue weighted by atomic mass is 16.5. The maximum absolute atomic E-state index is 14.1. The molecule has 2 aliphatic heterocycles. The van der Waals surface area contributed by atoms with E-state index in [9.17, 15) is 9.59 Å². The van der Waals surface area contributed by atoms with Crippen LogP contribution < -0.4 is 4.74 Å². The molecule has 6 heteroatoms. The summed E-state index contributed by atoms with van der Waals surface area (Å²) in [5.74, 6) is 1.31. The van der Waals surface area contributed by atoms with E-state index in [1.807, 2.05) is 26.0 Å².